The van der Waals surface area contributed by atoms with E-state index in [0.717, 1.165) is 75.0 Å². The Hall–Kier alpha value is -1.81. The molecule has 1 atom stereocenters. The summed E-state index contributed by atoms with van der Waals surface area (Å²) in [5.41, 5.74) is 6.70. The van der Waals surface area contributed by atoms with Gasteiger partial charge in [-0.3, -0.25) is 9.69 Å². The van der Waals surface area contributed by atoms with Crippen molar-refractivity contribution in [2.24, 2.45) is 5.73 Å². The lowest BCUT2D eigenvalue weighted by atomic mass is 9.91. The number of ether oxygens (including phenoxy) is 3. The van der Waals surface area contributed by atoms with E-state index >= 15 is 0 Å². The summed E-state index contributed by atoms with van der Waals surface area (Å²) < 4.78 is 17.1. The quantitative estimate of drug-likeness (QED) is 0.548. The Labute approximate surface area is 193 Å². The van der Waals surface area contributed by atoms with Gasteiger partial charge in [0.1, 0.15) is 17.3 Å². The third kappa shape index (κ3) is 5.22. The van der Waals surface area contributed by atoms with Crippen LogP contribution in [0.25, 0.3) is 10.2 Å². The second-order valence-corrected chi connectivity index (χ2v) is 9.86. The number of hydrogen-bond donors (Lipinski definition) is 1. The highest BCUT2D eigenvalue weighted by Crippen LogP contribution is 2.47. The number of methoxy groups -OCH3 is 2. The Morgan fingerprint density at radius 1 is 1.12 bits per heavy atom. The third-order valence-corrected chi connectivity index (χ3v) is 7.92. The SMILES string of the molecule is COCCN(CCOC)C1CCC(Oc2ncnc3sc4c(c23)[C@@H](CC(N)=O)CC4)CC1. The maximum Gasteiger partial charge on any atom is 0.225 e. The number of rotatable bonds is 11. The van der Waals surface area contributed by atoms with Crippen molar-refractivity contribution < 1.29 is 19.0 Å². The summed E-state index contributed by atoms with van der Waals surface area (Å²) >= 11 is 1.70. The first-order valence-corrected chi connectivity index (χ1v) is 12.4. The molecule has 9 heteroatoms. The van der Waals surface area contributed by atoms with Crippen LogP contribution in [0.5, 0.6) is 5.88 Å². The fourth-order valence-corrected chi connectivity index (χ4v) is 6.39. The van der Waals surface area contributed by atoms with Crippen LogP contribution in [0.2, 0.25) is 0 Å². The van der Waals surface area contributed by atoms with Crippen LogP contribution < -0.4 is 10.5 Å². The molecule has 176 valence electrons. The second-order valence-electron chi connectivity index (χ2n) is 8.77. The number of carbonyl (C=O) groups is 1. The van der Waals surface area contributed by atoms with E-state index < -0.39 is 0 Å². The molecule has 0 spiro atoms. The van der Waals surface area contributed by atoms with Crippen LogP contribution in [-0.4, -0.2) is 73.4 Å². The summed E-state index contributed by atoms with van der Waals surface area (Å²) in [6, 6.07) is 0.524. The molecule has 32 heavy (non-hydrogen) atoms. The normalized spacial score (nSPS) is 23.0. The summed E-state index contributed by atoms with van der Waals surface area (Å²) in [7, 11) is 3.49. The summed E-state index contributed by atoms with van der Waals surface area (Å²) in [6.07, 6.45) is 8.18. The largest absolute Gasteiger partial charge is 0.474 e. The van der Waals surface area contributed by atoms with Gasteiger partial charge in [-0.15, -0.1) is 11.3 Å². The summed E-state index contributed by atoms with van der Waals surface area (Å²) in [5, 5.41) is 1.00. The van der Waals surface area contributed by atoms with E-state index in [1.54, 1.807) is 31.9 Å². The maximum absolute atomic E-state index is 11.6. The van der Waals surface area contributed by atoms with E-state index in [1.807, 2.05) is 0 Å². The number of hydrogen-bond acceptors (Lipinski definition) is 8. The van der Waals surface area contributed by atoms with Crippen LogP contribution in [0, 0.1) is 0 Å². The van der Waals surface area contributed by atoms with Gasteiger partial charge in [-0.1, -0.05) is 0 Å². The van der Waals surface area contributed by atoms with Crippen molar-refractivity contribution in [2.45, 2.75) is 63.0 Å². The van der Waals surface area contributed by atoms with E-state index in [4.69, 9.17) is 19.9 Å². The number of nitrogens with zero attached hydrogens (tertiary/aromatic N) is 3. The molecule has 2 aliphatic rings. The molecule has 2 aromatic rings. The second kappa shape index (κ2) is 10.9. The highest BCUT2D eigenvalue weighted by molar-refractivity contribution is 7.19. The molecule has 2 heterocycles. The Morgan fingerprint density at radius 3 is 2.50 bits per heavy atom. The van der Waals surface area contributed by atoms with Gasteiger partial charge < -0.3 is 19.9 Å². The van der Waals surface area contributed by atoms with Crippen LogP contribution in [0.3, 0.4) is 0 Å². The Morgan fingerprint density at radius 2 is 1.84 bits per heavy atom. The maximum atomic E-state index is 11.6. The highest BCUT2D eigenvalue weighted by Gasteiger charge is 2.32. The van der Waals surface area contributed by atoms with Gasteiger partial charge in [0.25, 0.3) is 0 Å². The number of nitrogens with two attached hydrogens (primary N) is 1. The fraction of sp³-hybridized carbons (Fsp3) is 0.696. The molecule has 1 fully saturated rings. The van der Waals surface area contributed by atoms with E-state index in [0.29, 0.717) is 18.3 Å². The molecular weight excluding hydrogens is 428 g/mol. The Balaban J connectivity index is 1.44. The Bertz CT molecular complexity index is 905. The average molecular weight is 463 g/mol. The van der Waals surface area contributed by atoms with Crippen LogP contribution in [-0.2, 0) is 20.7 Å². The molecule has 0 bridgehead atoms. The van der Waals surface area contributed by atoms with Crippen LogP contribution in [0.1, 0.15) is 54.9 Å². The molecular formula is C23H34N4O4S. The predicted octanol–water partition coefficient (Wildman–Crippen LogP) is 2.88. The summed E-state index contributed by atoms with van der Waals surface area (Å²) in [5.74, 6) is 0.560. The number of amides is 1. The van der Waals surface area contributed by atoms with Crippen molar-refractivity contribution in [2.75, 3.05) is 40.5 Å². The van der Waals surface area contributed by atoms with Gasteiger partial charge in [0.15, 0.2) is 0 Å². The van der Waals surface area contributed by atoms with Gasteiger partial charge in [0.05, 0.1) is 18.6 Å². The molecule has 0 saturated heterocycles. The first-order valence-electron chi connectivity index (χ1n) is 11.5. The molecule has 8 nitrogen and oxygen atoms in total. The summed E-state index contributed by atoms with van der Waals surface area (Å²) in [6.45, 7) is 3.30. The zero-order valence-electron chi connectivity index (χ0n) is 19.0. The highest BCUT2D eigenvalue weighted by atomic mass is 32.1. The fourth-order valence-electron chi connectivity index (χ4n) is 5.16. The number of primary amides is 1. The minimum atomic E-state index is -0.258. The number of aryl methyl sites for hydroxylation is 1. The van der Waals surface area contributed by atoms with Crippen molar-refractivity contribution in [3.05, 3.63) is 16.8 Å². The van der Waals surface area contributed by atoms with Crippen molar-refractivity contribution in [3.8, 4) is 5.88 Å². The van der Waals surface area contributed by atoms with Gasteiger partial charge in [-0.05, 0) is 50.0 Å². The first kappa shape index (κ1) is 23.4. The number of carbonyl (C=O) groups excluding carboxylic acids is 1. The van der Waals surface area contributed by atoms with Crippen molar-refractivity contribution in [1.29, 1.82) is 0 Å². The summed E-state index contributed by atoms with van der Waals surface area (Å²) in [4.78, 5) is 25.3. The van der Waals surface area contributed by atoms with Gasteiger partial charge >= 0.3 is 0 Å². The molecule has 2 aromatic heterocycles. The number of thiophene rings is 1. The molecule has 1 amide bonds. The van der Waals surface area contributed by atoms with E-state index in [-0.39, 0.29) is 17.9 Å². The molecule has 2 aliphatic carbocycles. The van der Waals surface area contributed by atoms with Gasteiger partial charge in [-0.2, -0.15) is 0 Å². The molecule has 0 unspecified atom stereocenters. The monoisotopic (exact) mass is 462 g/mol. The molecule has 0 aliphatic heterocycles. The van der Waals surface area contributed by atoms with E-state index in [1.165, 1.54) is 10.4 Å². The lowest BCUT2D eigenvalue weighted by Crippen LogP contribution is -2.43. The first-order chi connectivity index (χ1) is 15.6. The minimum absolute atomic E-state index is 0.141. The molecule has 0 aromatic carbocycles. The average Bonchev–Trinajstić information content (AvgIpc) is 3.34. The van der Waals surface area contributed by atoms with Crippen molar-refractivity contribution in [1.82, 2.24) is 14.9 Å². The molecule has 2 N–H and O–H groups in total. The number of aromatic nitrogens is 2. The molecule has 0 radical (unpaired) electrons. The zero-order chi connectivity index (χ0) is 22.5. The smallest absolute Gasteiger partial charge is 0.225 e. The van der Waals surface area contributed by atoms with Crippen molar-refractivity contribution in [3.63, 3.8) is 0 Å². The van der Waals surface area contributed by atoms with Gasteiger partial charge in [-0.25, -0.2) is 9.97 Å². The molecule has 1 saturated carbocycles. The third-order valence-electron chi connectivity index (χ3n) is 6.75. The predicted molar refractivity (Wildman–Crippen MR) is 124 cm³/mol. The van der Waals surface area contributed by atoms with Gasteiger partial charge in [0, 0.05) is 44.6 Å². The minimum Gasteiger partial charge on any atom is -0.474 e. The van der Waals surface area contributed by atoms with E-state index in [9.17, 15) is 4.79 Å². The van der Waals surface area contributed by atoms with Crippen LogP contribution in [0.4, 0.5) is 0 Å². The van der Waals surface area contributed by atoms with Crippen LogP contribution >= 0.6 is 11.3 Å². The van der Waals surface area contributed by atoms with E-state index in [2.05, 4.69) is 14.9 Å². The van der Waals surface area contributed by atoms with Crippen molar-refractivity contribution >= 4 is 27.5 Å². The van der Waals surface area contributed by atoms with Crippen LogP contribution in [0.15, 0.2) is 6.33 Å². The molecule has 4 rings (SSSR count). The topological polar surface area (TPSA) is 99.8 Å². The standard InChI is InChI=1S/C23H34N4O4S/c1-29-11-9-27(10-12-30-2)16-4-6-17(7-5-16)31-22-21-20-15(13-19(24)28)3-8-18(20)32-23(21)26-14-25-22/h14-17H,3-13H2,1-2H3,(H2,24,28)/t15-,16?,17?/m1/s1. The number of fused-ring (bicyclic) bond motifs is 3. The zero-order valence-corrected chi connectivity index (χ0v) is 19.9. The van der Waals surface area contributed by atoms with Gasteiger partial charge in [0.2, 0.25) is 11.8 Å². The Kier molecular flexibility index (Phi) is 7.93. The lowest BCUT2D eigenvalue weighted by molar-refractivity contribution is -0.118. The lowest BCUT2D eigenvalue weighted by Gasteiger charge is -2.36.